The SMILES string of the molecule is CCCC(C)OC(=O)Oc1ccc(C[C@H](NCCOC(=O)CC(C)C)C(=O)OC)cc1OC(=O)OC(C)CCC. The summed E-state index contributed by atoms with van der Waals surface area (Å²) in [7, 11) is 1.27. The quantitative estimate of drug-likeness (QED) is 0.113. The van der Waals surface area contributed by atoms with Gasteiger partial charge in [0.2, 0.25) is 0 Å². The maximum Gasteiger partial charge on any atom is 0.514 e. The Bertz CT molecular complexity index is 949. The van der Waals surface area contributed by atoms with Gasteiger partial charge in [-0.05, 0) is 56.7 Å². The zero-order valence-corrected chi connectivity index (χ0v) is 24.8. The normalized spacial score (nSPS) is 13.1. The third-order valence-electron chi connectivity index (χ3n) is 5.64. The van der Waals surface area contributed by atoms with Crippen LogP contribution in [0.15, 0.2) is 18.2 Å². The lowest BCUT2D eigenvalue weighted by atomic mass is 10.1. The molecule has 11 heteroatoms. The van der Waals surface area contributed by atoms with Crippen LogP contribution in [0.2, 0.25) is 0 Å². The number of ether oxygens (including phenoxy) is 6. The van der Waals surface area contributed by atoms with Crippen molar-refractivity contribution in [1.29, 1.82) is 0 Å². The van der Waals surface area contributed by atoms with Gasteiger partial charge in [0.1, 0.15) is 24.9 Å². The molecule has 11 nitrogen and oxygen atoms in total. The largest absolute Gasteiger partial charge is 0.514 e. The highest BCUT2D eigenvalue weighted by molar-refractivity contribution is 5.76. The van der Waals surface area contributed by atoms with Gasteiger partial charge in [0.05, 0.1) is 7.11 Å². The van der Waals surface area contributed by atoms with Crippen LogP contribution in [0.3, 0.4) is 0 Å². The zero-order chi connectivity index (χ0) is 30.1. The van der Waals surface area contributed by atoms with Crippen LogP contribution in [0.25, 0.3) is 0 Å². The van der Waals surface area contributed by atoms with Gasteiger partial charge in [0, 0.05) is 13.0 Å². The average molecular weight is 568 g/mol. The van der Waals surface area contributed by atoms with Crippen molar-refractivity contribution in [1.82, 2.24) is 5.32 Å². The molecule has 0 radical (unpaired) electrons. The van der Waals surface area contributed by atoms with Gasteiger partial charge >= 0.3 is 24.2 Å². The van der Waals surface area contributed by atoms with Crippen LogP contribution in [0.4, 0.5) is 9.59 Å². The van der Waals surface area contributed by atoms with E-state index in [2.05, 4.69) is 5.32 Å². The lowest BCUT2D eigenvalue weighted by Crippen LogP contribution is -2.41. The molecule has 0 spiro atoms. The van der Waals surface area contributed by atoms with Gasteiger partial charge < -0.3 is 33.7 Å². The van der Waals surface area contributed by atoms with Crippen molar-refractivity contribution in [3.8, 4) is 11.5 Å². The molecule has 0 aliphatic carbocycles. The smallest absolute Gasteiger partial charge is 0.468 e. The van der Waals surface area contributed by atoms with Crippen LogP contribution >= 0.6 is 0 Å². The summed E-state index contributed by atoms with van der Waals surface area (Å²) in [6.07, 6.45) is 0.801. The second-order valence-electron chi connectivity index (χ2n) is 9.97. The van der Waals surface area contributed by atoms with E-state index in [1.807, 2.05) is 27.7 Å². The number of hydrogen-bond acceptors (Lipinski definition) is 11. The molecule has 0 aliphatic heterocycles. The lowest BCUT2D eigenvalue weighted by molar-refractivity contribution is -0.144. The van der Waals surface area contributed by atoms with Crippen molar-refractivity contribution in [3.63, 3.8) is 0 Å². The summed E-state index contributed by atoms with van der Waals surface area (Å²) >= 11 is 0. The third-order valence-corrected chi connectivity index (χ3v) is 5.64. The van der Waals surface area contributed by atoms with E-state index in [9.17, 15) is 19.2 Å². The predicted molar refractivity (Wildman–Crippen MR) is 147 cm³/mol. The summed E-state index contributed by atoms with van der Waals surface area (Å²) in [5, 5.41) is 3.02. The molecule has 0 saturated heterocycles. The Morgan fingerprint density at radius 1 is 0.850 bits per heavy atom. The molecule has 0 aromatic heterocycles. The molecule has 0 fully saturated rings. The van der Waals surface area contributed by atoms with Crippen molar-refractivity contribution in [2.24, 2.45) is 5.92 Å². The molecule has 40 heavy (non-hydrogen) atoms. The molecule has 0 heterocycles. The standard InChI is InChI=1S/C29H45NO10/c1-8-10-20(5)37-28(33)39-24-13-12-22(18-25(24)40-29(34)38-21(6)11-9-2)17-23(27(32)35-7)30-14-15-36-26(31)16-19(3)4/h12-13,18-21,23,30H,8-11,14-17H2,1-7H3/t20?,21?,23-/m0/s1. The Balaban J connectivity index is 3.04. The lowest BCUT2D eigenvalue weighted by Gasteiger charge is -2.18. The predicted octanol–water partition coefficient (Wildman–Crippen LogP) is 5.36. The number of carbonyl (C=O) groups is 4. The summed E-state index contributed by atoms with van der Waals surface area (Å²) in [6.45, 7) is 11.6. The molecule has 1 rings (SSSR count). The molecule has 226 valence electrons. The van der Waals surface area contributed by atoms with Gasteiger partial charge in [-0.1, -0.05) is 46.6 Å². The molecule has 1 aromatic carbocycles. The van der Waals surface area contributed by atoms with E-state index in [1.54, 1.807) is 19.9 Å². The summed E-state index contributed by atoms with van der Waals surface area (Å²) in [6, 6.07) is 3.76. The van der Waals surface area contributed by atoms with Crippen LogP contribution in [0.1, 0.15) is 79.2 Å². The molecular weight excluding hydrogens is 522 g/mol. The maximum atomic E-state index is 12.4. The number of rotatable bonds is 17. The number of carbonyl (C=O) groups excluding carboxylic acids is 4. The fraction of sp³-hybridized carbons (Fsp3) is 0.655. The topological polar surface area (TPSA) is 136 Å². The molecule has 0 bridgehead atoms. The van der Waals surface area contributed by atoms with E-state index in [4.69, 9.17) is 28.4 Å². The highest BCUT2D eigenvalue weighted by atomic mass is 16.7. The van der Waals surface area contributed by atoms with E-state index in [0.29, 0.717) is 24.8 Å². The first kappa shape index (κ1) is 34.7. The van der Waals surface area contributed by atoms with Gasteiger partial charge in [0.25, 0.3) is 0 Å². The molecule has 1 N–H and O–H groups in total. The Morgan fingerprint density at radius 2 is 1.43 bits per heavy atom. The summed E-state index contributed by atoms with van der Waals surface area (Å²) in [4.78, 5) is 48.9. The fourth-order valence-electron chi connectivity index (χ4n) is 3.74. The van der Waals surface area contributed by atoms with Crippen LogP contribution in [-0.4, -0.2) is 62.8 Å². The fourth-order valence-corrected chi connectivity index (χ4v) is 3.74. The Kier molecular flexibility index (Phi) is 16.4. The van der Waals surface area contributed by atoms with Crippen LogP contribution in [-0.2, 0) is 35.0 Å². The first-order valence-electron chi connectivity index (χ1n) is 13.9. The van der Waals surface area contributed by atoms with E-state index in [0.717, 1.165) is 12.8 Å². The summed E-state index contributed by atoms with van der Waals surface area (Å²) < 4.78 is 31.3. The first-order chi connectivity index (χ1) is 19.0. The molecule has 0 aliphatic rings. The highest BCUT2D eigenvalue weighted by Gasteiger charge is 2.23. The highest BCUT2D eigenvalue weighted by Crippen LogP contribution is 2.30. The number of esters is 2. The second-order valence-corrected chi connectivity index (χ2v) is 9.97. The Hall–Kier alpha value is -3.34. The minimum Gasteiger partial charge on any atom is -0.468 e. The molecule has 3 atom stereocenters. The Labute approximate surface area is 237 Å². The summed E-state index contributed by atoms with van der Waals surface area (Å²) in [5.74, 6) is -0.778. The van der Waals surface area contributed by atoms with E-state index >= 15 is 0 Å². The van der Waals surface area contributed by atoms with Crippen molar-refractivity contribution in [2.75, 3.05) is 20.3 Å². The zero-order valence-electron chi connectivity index (χ0n) is 24.8. The first-order valence-corrected chi connectivity index (χ1v) is 13.9. The molecule has 0 amide bonds. The summed E-state index contributed by atoms with van der Waals surface area (Å²) in [5.41, 5.74) is 0.573. The average Bonchev–Trinajstić information content (AvgIpc) is 2.86. The van der Waals surface area contributed by atoms with E-state index in [1.165, 1.54) is 19.2 Å². The van der Waals surface area contributed by atoms with Crippen molar-refractivity contribution < 1.29 is 47.6 Å². The third kappa shape index (κ3) is 14.2. The number of benzene rings is 1. The molecule has 2 unspecified atom stereocenters. The minimum atomic E-state index is -0.957. The second kappa shape index (κ2) is 18.9. The number of methoxy groups -OCH3 is 1. The molecule has 0 saturated carbocycles. The van der Waals surface area contributed by atoms with Gasteiger partial charge in [-0.25, -0.2) is 9.59 Å². The van der Waals surface area contributed by atoms with Crippen molar-refractivity contribution in [3.05, 3.63) is 23.8 Å². The maximum absolute atomic E-state index is 12.4. The van der Waals surface area contributed by atoms with Gasteiger partial charge in [-0.3, -0.25) is 9.59 Å². The van der Waals surface area contributed by atoms with E-state index in [-0.39, 0.29) is 55.2 Å². The molecule has 1 aromatic rings. The van der Waals surface area contributed by atoms with Crippen LogP contribution in [0, 0.1) is 5.92 Å². The van der Waals surface area contributed by atoms with Crippen molar-refractivity contribution >= 4 is 24.2 Å². The van der Waals surface area contributed by atoms with Gasteiger partial charge in [-0.2, -0.15) is 0 Å². The van der Waals surface area contributed by atoms with Gasteiger partial charge in [0.15, 0.2) is 11.5 Å². The Morgan fingerprint density at radius 3 is 1.95 bits per heavy atom. The van der Waals surface area contributed by atoms with E-state index < -0.39 is 24.3 Å². The minimum absolute atomic E-state index is 0.0443. The van der Waals surface area contributed by atoms with Gasteiger partial charge in [-0.15, -0.1) is 0 Å². The van der Waals surface area contributed by atoms with Crippen LogP contribution < -0.4 is 14.8 Å². The number of nitrogens with one attached hydrogen (secondary N) is 1. The van der Waals surface area contributed by atoms with Crippen molar-refractivity contribution in [2.45, 2.75) is 98.3 Å². The monoisotopic (exact) mass is 567 g/mol. The van der Waals surface area contributed by atoms with Crippen LogP contribution in [0.5, 0.6) is 11.5 Å². The molecular formula is C29H45NO10. The number of hydrogen-bond donors (Lipinski definition) is 1.